The minimum absolute atomic E-state index is 0.742. The Morgan fingerprint density at radius 2 is 2.06 bits per heavy atom. The Hall–Kier alpha value is -0.300. The maximum atomic E-state index is 3.73. The van der Waals surface area contributed by atoms with Crippen LogP contribution in [0.5, 0.6) is 0 Å². The Morgan fingerprint density at radius 1 is 1.18 bits per heavy atom. The van der Waals surface area contributed by atoms with E-state index in [9.17, 15) is 0 Å². The Labute approximate surface area is 108 Å². The Balaban J connectivity index is 2.30. The summed E-state index contributed by atoms with van der Waals surface area (Å²) in [4.78, 5) is 0. The number of unbranched alkanes of at least 4 members (excludes halogenated alkanes) is 2. The van der Waals surface area contributed by atoms with Gasteiger partial charge in [-0.05, 0) is 51.5 Å². The third-order valence-electron chi connectivity index (χ3n) is 3.73. The van der Waals surface area contributed by atoms with Crippen LogP contribution in [0.4, 0.5) is 0 Å². The first kappa shape index (κ1) is 14.8. The van der Waals surface area contributed by atoms with Crippen molar-refractivity contribution in [3.63, 3.8) is 0 Å². The molecule has 0 fully saturated rings. The van der Waals surface area contributed by atoms with Crippen LogP contribution in [-0.4, -0.2) is 12.6 Å². The molecule has 0 amide bonds. The molecule has 0 saturated carbocycles. The largest absolute Gasteiger partial charge is 0.314 e. The molecule has 0 aliphatic heterocycles. The molecule has 0 saturated heterocycles. The summed E-state index contributed by atoms with van der Waals surface area (Å²) in [5.74, 6) is 0. The van der Waals surface area contributed by atoms with E-state index in [1.54, 1.807) is 5.57 Å². The zero-order valence-electron chi connectivity index (χ0n) is 11.9. The van der Waals surface area contributed by atoms with Crippen molar-refractivity contribution in [1.29, 1.82) is 0 Å². The number of hydrogen-bond donors (Lipinski definition) is 1. The maximum Gasteiger partial charge on any atom is 0.0104 e. The monoisotopic (exact) mass is 237 g/mol. The first-order valence-electron chi connectivity index (χ1n) is 7.78. The minimum Gasteiger partial charge on any atom is -0.314 e. The molecule has 0 aromatic carbocycles. The summed E-state index contributed by atoms with van der Waals surface area (Å²) in [6.07, 6.45) is 16.1. The third-order valence-corrected chi connectivity index (χ3v) is 3.73. The lowest BCUT2D eigenvalue weighted by atomic mass is 9.92. The van der Waals surface area contributed by atoms with Gasteiger partial charge < -0.3 is 5.32 Å². The van der Waals surface area contributed by atoms with Crippen LogP contribution in [0, 0.1) is 0 Å². The molecule has 0 heterocycles. The fraction of sp³-hybridized carbons (Fsp3) is 0.875. The molecule has 0 radical (unpaired) electrons. The summed E-state index contributed by atoms with van der Waals surface area (Å²) >= 11 is 0. The minimum atomic E-state index is 0.742. The first-order valence-corrected chi connectivity index (χ1v) is 7.78. The van der Waals surface area contributed by atoms with Gasteiger partial charge in [-0.15, -0.1) is 0 Å². The predicted octanol–water partition coefficient (Wildman–Crippen LogP) is 4.83. The Morgan fingerprint density at radius 3 is 2.71 bits per heavy atom. The van der Waals surface area contributed by atoms with E-state index < -0.39 is 0 Å². The highest BCUT2D eigenvalue weighted by Gasteiger charge is 2.11. The Bertz CT molecular complexity index is 208. The average Bonchev–Trinajstić information content (AvgIpc) is 2.37. The van der Waals surface area contributed by atoms with Crippen molar-refractivity contribution < 1.29 is 0 Å². The van der Waals surface area contributed by atoms with Crippen molar-refractivity contribution in [3.8, 4) is 0 Å². The van der Waals surface area contributed by atoms with Crippen molar-refractivity contribution >= 4 is 0 Å². The smallest absolute Gasteiger partial charge is 0.0104 e. The molecule has 1 atom stereocenters. The van der Waals surface area contributed by atoms with Gasteiger partial charge in [0.25, 0.3) is 0 Å². The summed E-state index contributed by atoms with van der Waals surface area (Å²) in [7, 11) is 0. The zero-order valence-corrected chi connectivity index (χ0v) is 11.9. The van der Waals surface area contributed by atoms with Gasteiger partial charge in [-0.1, -0.05) is 44.8 Å². The summed E-state index contributed by atoms with van der Waals surface area (Å²) in [5, 5.41) is 3.73. The molecular formula is C16H31N. The van der Waals surface area contributed by atoms with Crippen LogP contribution < -0.4 is 5.32 Å². The highest BCUT2D eigenvalue weighted by Crippen LogP contribution is 2.23. The van der Waals surface area contributed by atoms with Crippen molar-refractivity contribution in [2.75, 3.05) is 6.54 Å². The molecule has 1 N–H and O–H groups in total. The lowest BCUT2D eigenvalue weighted by molar-refractivity contribution is 0.447. The van der Waals surface area contributed by atoms with Crippen molar-refractivity contribution in [2.45, 2.75) is 84.1 Å². The lowest BCUT2D eigenvalue weighted by Gasteiger charge is -2.22. The summed E-state index contributed by atoms with van der Waals surface area (Å²) < 4.78 is 0. The van der Waals surface area contributed by atoms with E-state index in [-0.39, 0.29) is 0 Å². The molecule has 1 rings (SSSR count). The zero-order chi connectivity index (χ0) is 12.3. The first-order chi connectivity index (χ1) is 8.36. The fourth-order valence-electron chi connectivity index (χ4n) is 2.67. The molecule has 0 spiro atoms. The second kappa shape index (κ2) is 9.70. The average molecular weight is 237 g/mol. The standard InChI is InChI=1S/C16H31N/c1-3-5-7-12-16(17-13-4-2)14-15-10-8-6-9-11-15/h10,16-17H,3-9,11-14H2,1-2H3. The van der Waals surface area contributed by atoms with E-state index in [0.717, 1.165) is 6.04 Å². The quantitative estimate of drug-likeness (QED) is 0.447. The Kier molecular flexibility index (Phi) is 8.42. The molecule has 1 nitrogen and oxygen atoms in total. The van der Waals surface area contributed by atoms with Gasteiger partial charge >= 0.3 is 0 Å². The van der Waals surface area contributed by atoms with Gasteiger partial charge in [0.15, 0.2) is 0 Å². The van der Waals surface area contributed by atoms with E-state index in [0.29, 0.717) is 0 Å². The van der Waals surface area contributed by atoms with Crippen LogP contribution in [0.25, 0.3) is 0 Å². The number of nitrogens with one attached hydrogen (secondary N) is 1. The summed E-state index contributed by atoms with van der Waals surface area (Å²) in [6, 6.07) is 0.742. The normalized spacial score (nSPS) is 17.9. The van der Waals surface area contributed by atoms with Crippen molar-refractivity contribution in [3.05, 3.63) is 11.6 Å². The molecule has 1 unspecified atom stereocenters. The number of hydrogen-bond acceptors (Lipinski definition) is 1. The van der Waals surface area contributed by atoms with E-state index in [1.165, 1.54) is 70.8 Å². The molecule has 1 heteroatoms. The van der Waals surface area contributed by atoms with Crippen LogP contribution in [0.3, 0.4) is 0 Å². The molecule has 1 aliphatic rings. The van der Waals surface area contributed by atoms with E-state index >= 15 is 0 Å². The SMILES string of the molecule is CCCCCC(CC1=CCCCC1)NCCC. The van der Waals surface area contributed by atoms with Crippen LogP contribution in [0.1, 0.15) is 78.1 Å². The third kappa shape index (κ3) is 6.88. The molecular weight excluding hydrogens is 206 g/mol. The van der Waals surface area contributed by atoms with Crippen LogP contribution in [0.2, 0.25) is 0 Å². The maximum absolute atomic E-state index is 3.73. The van der Waals surface area contributed by atoms with E-state index in [2.05, 4.69) is 25.2 Å². The fourth-order valence-corrected chi connectivity index (χ4v) is 2.67. The van der Waals surface area contributed by atoms with Gasteiger partial charge in [0.2, 0.25) is 0 Å². The number of rotatable bonds is 9. The van der Waals surface area contributed by atoms with Crippen LogP contribution >= 0.6 is 0 Å². The highest BCUT2D eigenvalue weighted by molar-refractivity contribution is 5.07. The second-order valence-electron chi connectivity index (χ2n) is 5.46. The van der Waals surface area contributed by atoms with Gasteiger partial charge in [0, 0.05) is 6.04 Å². The van der Waals surface area contributed by atoms with Gasteiger partial charge in [0.1, 0.15) is 0 Å². The van der Waals surface area contributed by atoms with Crippen molar-refractivity contribution in [1.82, 2.24) is 5.32 Å². The van der Waals surface area contributed by atoms with Gasteiger partial charge in [-0.25, -0.2) is 0 Å². The topological polar surface area (TPSA) is 12.0 Å². The predicted molar refractivity (Wildman–Crippen MR) is 77.4 cm³/mol. The number of allylic oxidation sites excluding steroid dienone is 1. The van der Waals surface area contributed by atoms with Gasteiger partial charge in [-0.3, -0.25) is 0 Å². The van der Waals surface area contributed by atoms with Crippen LogP contribution in [-0.2, 0) is 0 Å². The van der Waals surface area contributed by atoms with Crippen LogP contribution in [0.15, 0.2) is 11.6 Å². The molecule has 100 valence electrons. The van der Waals surface area contributed by atoms with Gasteiger partial charge in [0.05, 0.1) is 0 Å². The molecule has 0 bridgehead atoms. The lowest BCUT2D eigenvalue weighted by Crippen LogP contribution is -2.30. The summed E-state index contributed by atoms with van der Waals surface area (Å²) in [6.45, 7) is 5.73. The summed E-state index contributed by atoms with van der Waals surface area (Å²) in [5.41, 5.74) is 1.72. The molecule has 0 aromatic heterocycles. The van der Waals surface area contributed by atoms with E-state index in [4.69, 9.17) is 0 Å². The molecule has 17 heavy (non-hydrogen) atoms. The molecule has 1 aliphatic carbocycles. The van der Waals surface area contributed by atoms with Gasteiger partial charge in [-0.2, -0.15) is 0 Å². The second-order valence-corrected chi connectivity index (χ2v) is 5.46. The van der Waals surface area contributed by atoms with Crippen molar-refractivity contribution in [2.24, 2.45) is 0 Å². The highest BCUT2D eigenvalue weighted by atomic mass is 14.9. The van der Waals surface area contributed by atoms with E-state index in [1.807, 2.05) is 0 Å². The molecule has 0 aromatic rings.